The van der Waals surface area contributed by atoms with Gasteiger partial charge in [-0.2, -0.15) is 0 Å². The first-order valence-corrected chi connectivity index (χ1v) is 20.7. The SMILES string of the molecule is CC(=O)C(C)NC(=O)C1Cc2ccc(O)c(c2)-c2cc(ccc2OCC(=O)O)C(N(C)C(=O)C(CCCCN)NC(=O)c2ccc(-c3ccc(Cl)cc3)cc2)C(=O)NC(C)C(=O)N1. The smallest absolute Gasteiger partial charge is 0.341 e. The highest BCUT2D eigenvalue weighted by atomic mass is 35.5. The van der Waals surface area contributed by atoms with Gasteiger partial charge in [0.25, 0.3) is 5.91 Å². The van der Waals surface area contributed by atoms with Crippen LogP contribution in [-0.4, -0.2) is 101 Å². The van der Waals surface area contributed by atoms with Crippen molar-refractivity contribution in [1.29, 1.82) is 0 Å². The minimum absolute atomic E-state index is 0.00841. The summed E-state index contributed by atoms with van der Waals surface area (Å²) in [7, 11) is 1.37. The standard InChI is InChI=1S/C46H51ClN6O10/c1-25(27(3)54)49-44(60)37-22-28-8-18-38(55)34(21-28)35-23-32(15-19-39(35)63-24-40(56)57)41(45(61)50-26(2)42(58)52-37)53(4)46(62)36(7-5-6-20-48)51-43(59)31-11-9-29(10-12-31)30-13-16-33(47)17-14-30/h8-19,21,23,25-26,36-37,41,55H,5-7,20,22,24,48H2,1-4H3,(H,49,60)(H,50,61)(H,51,59)(H,52,58)(H,56,57). The maximum atomic E-state index is 14.6. The molecule has 8 N–H and O–H groups in total. The van der Waals surface area contributed by atoms with Crippen molar-refractivity contribution in [2.75, 3.05) is 20.2 Å². The fourth-order valence-corrected chi connectivity index (χ4v) is 7.13. The molecule has 0 saturated carbocycles. The molecule has 0 fully saturated rings. The Hall–Kier alpha value is -6.78. The molecule has 0 aliphatic carbocycles. The van der Waals surface area contributed by atoms with Crippen LogP contribution in [0.3, 0.4) is 0 Å². The Morgan fingerprint density at radius 3 is 2.19 bits per heavy atom. The second-order valence-electron chi connectivity index (χ2n) is 15.4. The number of phenolic OH excluding ortho intramolecular Hbond substituents is 1. The largest absolute Gasteiger partial charge is 0.507 e. The third-order valence-corrected chi connectivity index (χ3v) is 10.9. The predicted octanol–water partition coefficient (Wildman–Crippen LogP) is 3.91. The number of carbonyl (C=O) groups is 7. The first-order valence-electron chi connectivity index (χ1n) is 20.3. The number of nitrogens with one attached hydrogen (secondary N) is 4. The van der Waals surface area contributed by atoms with Gasteiger partial charge < -0.3 is 46.9 Å². The third-order valence-electron chi connectivity index (χ3n) is 10.7. The number of ether oxygens (including phenoxy) is 1. The van der Waals surface area contributed by atoms with E-state index in [1.807, 2.05) is 12.1 Å². The highest BCUT2D eigenvalue weighted by Gasteiger charge is 2.36. The van der Waals surface area contributed by atoms with Crippen molar-refractivity contribution >= 4 is 52.9 Å². The van der Waals surface area contributed by atoms with E-state index < -0.39 is 72.3 Å². The van der Waals surface area contributed by atoms with Gasteiger partial charge in [-0.25, -0.2) is 4.79 Å². The molecule has 1 aliphatic heterocycles. The first kappa shape index (κ1) is 47.3. The van der Waals surface area contributed by atoms with Gasteiger partial charge in [0.1, 0.15) is 35.7 Å². The summed E-state index contributed by atoms with van der Waals surface area (Å²) in [6.07, 6.45) is 1.01. The van der Waals surface area contributed by atoms with Gasteiger partial charge in [-0.1, -0.05) is 48.0 Å². The maximum absolute atomic E-state index is 14.6. The number of fused-ring (bicyclic) bond motifs is 5. The van der Waals surface area contributed by atoms with Crippen molar-refractivity contribution in [3.05, 3.63) is 107 Å². The number of nitrogens with two attached hydrogens (primary N) is 1. The van der Waals surface area contributed by atoms with Crippen molar-refractivity contribution in [2.24, 2.45) is 5.73 Å². The molecule has 5 unspecified atom stereocenters. The van der Waals surface area contributed by atoms with Gasteiger partial charge in [-0.05, 0) is 117 Å². The van der Waals surface area contributed by atoms with E-state index in [9.17, 15) is 43.8 Å². The minimum Gasteiger partial charge on any atom is -0.507 e. The summed E-state index contributed by atoms with van der Waals surface area (Å²) < 4.78 is 5.63. The van der Waals surface area contributed by atoms with E-state index in [-0.39, 0.29) is 52.4 Å². The van der Waals surface area contributed by atoms with Crippen LogP contribution in [0, 0.1) is 0 Å². The Morgan fingerprint density at radius 2 is 1.56 bits per heavy atom. The number of hydrogen-bond donors (Lipinski definition) is 7. The molecule has 63 heavy (non-hydrogen) atoms. The molecular weight excluding hydrogens is 832 g/mol. The monoisotopic (exact) mass is 882 g/mol. The third kappa shape index (κ3) is 12.2. The highest BCUT2D eigenvalue weighted by Crippen LogP contribution is 2.39. The topological polar surface area (TPSA) is 247 Å². The Bertz CT molecular complexity index is 2360. The quantitative estimate of drug-likeness (QED) is 0.0844. The van der Waals surface area contributed by atoms with E-state index in [1.165, 1.54) is 64.2 Å². The van der Waals surface area contributed by atoms with Crippen LogP contribution < -0.4 is 31.7 Å². The van der Waals surface area contributed by atoms with Gasteiger partial charge in [-0.15, -0.1) is 0 Å². The molecule has 16 nitrogen and oxygen atoms in total. The zero-order chi connectivity index (χ0) is 46.0. The molecule has 0 radical (unpaired) electrons. The molecule has 4 bridgehead atoms. The number of unbranched alkanes of at least 4 members (excludes halogenated alkanes) is 1. The van der Waals surface area contributed by atoms with Crippen LogP contribution >= 0.6 is 11.6 Å². The average molecular weight is 883 g/mol. The van der Waals surface area contributed by atoms with Crippen molar-refractivity contribution in [2.45, 2.75) is 76.7 Å². The number of ketones is 1. The molecule has 4 aromatic carbocycles. The molecule has 332 valence electrons. The van der Waals surface area contributed by atoms with Crippen LogP contribution in [0.2, 0.25) is 5.02 Å². The van der Waals surface area contributed by atoms with Gasteiger partial charge in [0.2, 0.25) is 23.6 Å². The van der Waals surface area contributed by atoms with E-state index in [0.717, 1.165) is 16.0 Å². The minimum atomic E-state index is -1.49. The molecular formula is C46H51ClN6O10. The Balaban J connectivity index is 1.56. The molecule has 4 aromatic rings. The van der Waals surface area contributed by atoms with Gasteiger partial charge in [-0.3, -0.25) is 28.8 Å². The number of carboxylic acid groups (broad SMARTS) is 1. The number of phenols is 1. The summed E-state index contributed by atoms with van der Waals surface area (Å²) in [6, 6.07) is 16.6. The van der Waals surface area contributed by atoms with Crippen LogP contribution in [0.5, 0.6) is 11.5 Å². The number of rotatable bonds is 15. The number of carboxylic acids is 1. The molecule has 0 saturated heterocycles. The fraction of sp³-hybridized carbons (Fsp3) is 0.326. The first-order chi connectivity index (χ1) is 30.0. The Labute approximate surface area is 369 Å². The number of aromatic hydroxyl groups is 1. The number of halogens is 1. The van der Waals surface area contributed by atoms with Gasteiger partial charge in [0.15, 0.2) is 12.4 Å². The molecule has 1 heterocycles. The lowest BCUT2D eigenvalue weighted by molar-refractivity contribution is -0.141. The Morgan fingerprint density at radius 1 is 0.889 bits per heavy atom. The number of amides is 5. The van der Waals surface area contributed by atoms with E-state index in [1.54, 1.807) is 36.4 Å². The summed E-state index contributed by atoms with van der Waals surface area (Å²) in [5.74, 6) is -5.37. The summed E-state index contributed by atoms with van der Waals surface area (Å²) in [5.41, 5.74) is 8.65. The Kier molecular flexibility index (Phi) is 16.0. The molecule has 1 aliphatic rings. The maximum Gasteiger partial charge on any atom is 0.341 e. The zero-order valence-corrected chi connectivity index (χ0v) is 36.0. The van der Waals surface area contributed by atoms with E-state index in [4.69, 9.17) is 22.1 Å². The second-order valence-corrected chi connectivity index (χ2v) is 15.8. The molecule has 5 amide bonds. The number of benzene rings is 4. The van der Waals surface area contributed by atoms with Crippen LogP contribution in [-0.2, 0) is 35.2 Å². The van der Waals surface area contributed by atoms with Gasteiger partial charge >= 0.3 is 5.97 Å². The normalized spacial score (nSPS) is 17.1. The van der Waals surface area contributed by atoms with Crippen LogP contribution in [0.4, 0.5) is 0 Å². The van der Waals surface area contributed by atoms with Crippen molar-refractivity contribution in [3.8, 4) is 33.8 Å². The van der Waals surface area contributed by atoms with Crippen molar-refractivity contribution in [1.82, 2.24) is 26.2 Å². The molecule has 17 heteroatoms. The lowest BCUT2D eigenvalue weighted by Gasteiger charge is -2.32. The molecule has 5 atom stereocenters. The number of hydrogen-bond acceptors (Lipinski definition) is 10. The molecule has 0 aromatic heterocycles. The van der Waals surface area contributed by atoms with Crippen LogP contribution in [0.15, 0.2) is 84.9 Å². The number of likely N-dealkylation sites (N-methyl/N-ethyl adjacent to an activating group) is 1. The number of nitrogens with zero attached hydrogens (tertiary/aromatic N) is 1. The van der Waals surface area contributed by atoms with E-state index in [0.29, 0.717) is 30.0 Å². The van der Waals surface area contributed by atoms with Crippen LogP contribution in [0.1, 0.15) is 67.6 Å². The van der Waals surface area contributed by atoms with Gasteiger partial charge in [0, 0.05) is 35.2 Å². The fourth-order valence-electron chi connectivity index (χ4n) is 7.01. The number of Topliss-reactive ketones (excluding diaryl/α,β-unsaturated/α-hetero) is 1. The second kappa shape index (κ2) is 21.3. The van der Waals surface area contributed by atoms with E-state index in [2.05, 4.69) is 21.3 Å². The van der Waals surface area contributed by atoms with Crippen molar-refractivity contribution < 1.29 is 48.5 Å². The van der Waals surface area contributed by atoms with Crippen molar-refractivity contribution in [3.63, 3.8) is 0 Å². The lowest BCUT2D eigenvalue weighted by Crippen LogP contribution is -2.56. The molecule has 0 spiro atoms. The predicted molar refractivity (Wildman–Crippen MR) is 235 cm³/mol. The summed E-state index contributed by atoms with van der Waals surface area (Å²) in [6.45, 7) is 3.75. The summed E-state index contributed by atoms with van der Waals surface area (Å²) in [5, 5.41) is 32.0. The van der Waals surface area contributed by atoms with Gasteiger partial charge in [0.05, 0.1) is 6.04 Å². The number of aliphatic carboxylic acids is 1. The van der Waals surface area contributed by atoms with E-state index >= 15 is 0 Å². The molecule has 5 rings (SSSR count). The zero-order valence-electron chi connectivity index (χ0n) is 35.3. The summed E-state index contributed by atoms with van der Waals surface area (Å²) in [4.78, 5) is 94.9. The number of carbonyl (C=O) groups excluding carboxylic acids is 6. The lowest BCUT2D eigenvalue weighted by atomic mass is 9.93. The summed E-state index contributed by atoms with van der Waals surface area (Å²) >= 11 is 6.05. The highest BCUT2D eigenvalue weighted by molar-refractivity contribution is 6.30. The average Bonchev–Trinajstić information content (AvgIpc) is 3.25. The van der Waals surface area contributed by atoms with Crippen LogP contribution in [0.25, 0.3) is 22.3 Å².